The Bertz CT molecular complexity index is 595. The van der Waals surface area contributed by atoms with E-state index in [-0.39, 0.29) is 6.04 Å². The normalized spacial score (nSPS) is 15.1. The van der Waals surface area contributed by atoms with Crippen molar-refractivity contribution in [3.63, 3.8) is 0 Å². The van der Waals surface area contributed by atoms with E-state index in [0.717, 1.165) is 35.6 Å². The lowest BCUT2D eigenvalue weighted by Crippen LogP contribution is -2.17. The molecule has 3 rings (SSSR count). The number of aryl methyl sites for hydroxylation is 1. The molecular formula is C15H19N3O2. The lowest BCUT2D eigenvalue weighted by Gasteiger charge is -2.20. The van der Waals surface area contributed by atoms with Gasteiger partial charge in [0.15, 0.2) is 11.5 Å². The topological polar surface area (TPSA) is 62.3 Å². The van der Waals surface area contributed by atoms with Crippen LogP contribution in [-0.2, 0) is 13.0 Å². The summed E-state index contributed by atoms with van der Waals surface area (Å²) in [6.45, 7) is 4.14. The standard InChI is InChI=1S/C15H19N3O2/c1-2-18-10-11(9-17-18)7-13(16)12-3-4-14-15(8-12)20-6-5-19-14/h3-4,8-10,13H,2,5-7,16H2,1H3. The maximum Gasteiger partial charge on any atom is 0.161 e. The summed E-state index contributed by atoms with van der Waals surface area (Å²) in [7, 11) is 0. The maximum absolute atomic E-state index is 6.28. The summed E-state index contributed by atoms with van der Waals surface area (Å²) in [5, 5.41) is 4.27. The van der Waals surface area contributed by atoms with Crippen molar-refractivity contribution < 1.29 is 9.47 Å². The van der Waals surface area contributed by atoms with Crippen molar-refractivity contribution >= 4 is 0 Å². The molecule has 0 bridgehead atoms. The van der Waals surface area contributed by atoms with Crippen molar-refractivity contribution in [1.29, 1.82) is 0 Å². The average molecular weight is 273 g/mol. The second-order valence-corrected chi connectivity index (χ2v) is 4.92. The minimum atomic E-state index is -0.0691. The first-order valence-corrected chi connectivity index (χ1v) is 6.92. The molecule has 1 aliphatic rings. The van der Waals surface area contributed by atoms with Gasteiger partial charge in [-0.15, -0.1) is 0 Å². The summed E-state index contributed by atoms with van der Waals surface area (Å²) in [6.07, 6.45) is 4.68. The molecule has 1 atom stereocenters. The van der Waals surface area contributed by atoms with E-state index in [1.54, 1.807) is 0 Å². The number of benzene rings is 1. The molecule has 0 aliphatic carbocycles. The van der Waals surface area contributed by atoms with Gasteiger partial charge in [-0.3, -0.25) is 4.68 Å². The molecule has 5 heteroatoms. The zero-order valence-electron chi connectivity index (χ0n) is 11.6. The van der Waals surface area contributed by atoms with Gasteiger partial charge in [0.2, 0.25) is 0 Å². The van der Waals surface area contributed by atoms with Gasteiger partial charge in [-0.1, -0.05) is 6.07 Å². The summed E-state index contributed by atoms with van der Waals surface area (Å²) in [6, 6.07) is 5.84. The van der Waals surface area contributed by atoms with E-state index < -0.39 is 0 Å². The van der Waals surface area contributed by atoms with E-state index in [1.807, 2.05) is 35.3 Å². The largest absolute Gasteiger partial charge is 0.486 e. The van der Waals surface area contributed by atoms with Crippen molar-refractivity contribution in [1.82, 2.24) is 9.78 Å². The molecule has 0 fully saturated rings. The summed E-state index contributed by atoms with van der Waals surface area (Å²) in [4.78, 5) is 0. The minimum absolute atomic E-state index is 0.0691. The van der Waals surface area contributed by atoms with Crippen LogP contribution in [0, 0.1) is 0 Å². The van der Waals surface area contributed by atoms with Crippen molar-refractivity contribution in [3.8, 4) is 11.5 Å². The molecule has 1 aromatic carbocycles. The van der Waals surface area contributed by atoms with E-state index >= 15 is 0 Å². The highest BCUT2D eigenvalue weighted by atomic mass is 16.6. The van der Waals surface area contributed by atoms with E-state index in [1.165, 1.54) is 0 Å². The molecule has 2 heterocycles. The van der Waals surface area contributed by atoms with Gasteiger partial charge in [0.05, 0.1) is 6.20 Å². The van der Waals surface area contributed by atoms with Gasteiger partial charge in [0, 0.05) is 18.8 Å². The fourth-order valence-electron chi connectivity index (χ4n) is 2.35. The second kappa shape index (κ2) is 5.54. The number of nitrogens with zero attached hydrogens (tertiary/aromatic N) is 2. The van der Waals surface area contributed by atoms with E-state index in [4.69, 9.17) is 15.2 Å². The summed E-state index contributed by atoms with van der Waals surface area (Å²) in [5.41, 5.74) is 8.48. The quantitative estimate of drug-likeness (QED) is 0.924. The zero-order valence-corrected chi connectivity index (χ0v) is 11.6. The van der Waals surface area contributed by atoms with Crippen LogP contribution in [0.4, 0.5) is 0 Å². The third-order valence-electron chi connectivity index (χ3n) is 3.46. The smallest absolute Gasteiger partial charge is 0.161 e. The predicted molar refractivity (Wildman–Crippen MR) is 76.0 cm³/mol. The summed E-state index contributed by atoms with van der Waals surface area (Å²) >= 11 is 0. The fourth-order valence-corrected chi connectivity index (χ4v) is 2.35. The Balaban J connectivity index is 1.74. The van der Waals surface area contributed by atoms with Crippen molar-refractivity contribution in [2.75, 3.05) is 13.2 Å². The van der Waals surface area contributed by atoms with Crippen LogP contribution in [0.5, 0.6) is 11.5 Å². The molecule has 0 radical (unpaired) electrons. The van der Waals surface area contributed by atoms with Crippen LogP contribution < -0.4 is 15.2 Å². The number of hydrogen-bond acceptors (Lipinski definition) is 4. The number of aromatic nitrogens is 2. The van der Waals surface area contributed by atoms with Gasteiger partial charge in [-0.05, 0) is 36.6 Å². The Morgan fingerprint density at radius 2 is 2.10 bits per heavy atom. The number of hydrogen-bond donors (Lipinski definition) is 1. The highest BCUT2D eigenvalue weighted by Crippen LogP contribution is 2.32. The predicted octanol–water partition coefficient (Wildman–Crippen LogP) is 1.92. The molecule has 1 unspecified atom stereocenters. The highest BCUT2D eigenvalue weighted by Gasteiger charge is 2.15. The highest BCUT2D eigenvalue weighted by molar-refractivity contribution is 5.44. The molecule has 2 N–H and O–H groups in total. The van der Waals surface area contributed by atoms with Crippen LogP contribution in [0.25, 0.3) is 0 Å². The van der Waals surface area contributed by atoms with Crippen molar-refractivity contribution in [2.45, 2.75) is 25.9 Å². The summed E-state index contributed by atoms with van der Waals surface area (Å²) < 4.78 is 13.0. The second-order valence-electron chi connectivity index (χ2n) is 4.92. The SMILES string of the molecule is CCn1cc(CC(N)c2ccc3c(c2)OCCO3)cn1. The molecule has 0 spiro atoms. The Labute approximate surface area is 118 Å². The average Bonchev–Trinajstić information content (AvgIpc) is 2.94. The zero-order chi connectivity index (χ0) is 13.9. The van der Waals surface area contributed by atoms with Crippen LogP contribution in [0.3, 0.4) is 0 Å². The van der Waals surface area contributed by atoms with Gasteiger partial charge < -0.3 is 15.2 Å². The van der Waals surface area contributed by atoms with Crippen LogP contribution in [-0.4, -0.2) is 23.0 Å². The molecule has 5 nitrogen and oxygen atoms in total. The van der Waals surface area contributed by atoms with Gasteiger partial charge >= 0.3 is 0 Å². The number of ether oxygens (including phenoxy) is 2. The van der Waals surface area contributed by atoms with Gasteiger partial charge in [-0.25, -0.2) is 0 Å². The van der Waals surface area contributed by atoms with Crippen molar-refractivity contribution in [2.24, 2.45) is 5.73 Å². The van der Waals surface area contributed by atoms with Gasteiger partial charge in [-0.2, -0.15) is 5.10 Å². The lowest BCUT2D eigenvalue weighted by molar-refractivity contribution is 0.171. The first-order chi connectivity index (χ1) is 9.76. The Kier molecular flexibility index (Phi) is 3.60. The molecule has 2 aromatic rings. The van der Waals surface area contributed by atoms with Crippen LogP contribution >= 0.6 is 0 Å². The van der Waals surface area contributed by atoms with Crippen LogP contribution in [0.2, 0.25) is 0 Å². The monoisotopic (exact) mass is 273 g/mol. The van der Waals surface area contributed by atoms with Crippen LogP contribution in [0.15, 0.2) is 30.6 Å². The fraction of sp³-hybridized carbons (Fsp3) is 0.400. The molecule has 0 saturated heterocycles. The molecule has 1 aromatic heterocycles. The Hall–Kier alpha value is -2.01. The third-order valence-corrected chi connectivity index (χ3v) is 3.46. The minimum Gasteiger partial charge on any atom is -0.486 e. The van der Waals surface area contributed by atoms with Gasteiger partial charge in [0.25, 0.3) is 0 Å². The van der Waals surface area contributed by atoms with E-state index in [2.05, 4.69) is 12.0 Å². The first-order valence-electron chi connectivity index (χ1n) is 6.92. The van der Waals surface area contributed by atoms with E-state index in [0.29, 0.717) is 13.2 Å². The first kappa shape index (κ1) is 13.0. The number of fused-ring (bicyclic) bond motifs is 1. The molecule has 1 aliphatic heterocycles. The number of nitrogens with two attached hydrogens (primary N) is 1. The molecule has 0 amide bonds. The van der Waals surface area contributed by atoms with Gasteiger partial charge in [0.1, 0.15) is 13.2 Å². The van der Waals surface area contributed by atoms with E-state index in [9.17, 15) is 0 Å². The molecule has 0 saturated carbocycles. The lowest BCUT2D eigenvalue weighted by atomic mass is 10.0. The Morgan fingerprint density at radius 1 is 1.30 bits per heavy atom. The number of rotatable bonds is 4. The van der Waals surface area contributed by atoms with Crippen LogP contribution in [0.1, 0.15) is 24.1 Å². The molecular weight excluding hydrogens is 254 g/mol. The Morgan fingerprint density at radius 3 is 2.85 bits per heavy atom. The maximum atomic E-state index is 6.28. The van der Waals surface area contributed by atoms with Crippen molar-refractivity contribution in [3.05, 3.63) is 41.7 Å². The third kappa shape index (κ3) is 2.63. The molecule has 20 heavy (non-hydrogen) atoms. The molecule has 106 valence electrons. The summed E-state index contributed by atoms with van der Waals surface area (Å²) in [5.74, 6) is 1.58.